The molecule has 0 radical (unpaired) electrons. The molecule has 3 rings (SSSR count). The summed E-state index contributed by atoms with van der Waals surface area (Å²) < 4.78 is 5.51. The van der Waals surface area contributed by atoms with Crippen molar-refractivity contribution in [3.05, 3.63) is 52.8 Å². The first-order chi connectivity index (χ1) is 8.81. The average molecular weight is 263 g/mol. The summed E-state index contributed by atoms with van der Waals surface area (Å²) in [6, 6.07) is 10.2. The fraction of sp³-hybridized carbons (Fsp3) is 0.357. The Hall–Kier alpha value is -1.32. The van der Waals surface area contributed by atoms with Gasteiger partial charge in [0.05, 0.1) is 0 Å². The van der Waals surface area contributed by atoms with Crippen molar-refractivity contribution in [1.82, 2.24) is 10.2 Å². The smallest absolute Gasteiger partial charge is 0.0490 e. The van der Waals surface area contributed by atoms with Gasteiger partial charge >= 0.3 is 0 Å². The van der Waals surface area contributed by atoms with E-state index in [0.717, 1.165) is 36.8 Å². The van der Waals surface area contributed by atoms with Gasteiger partial charge in [-0.2, -0.15) is 5.10 Å². The van der Waals surface area contributed by atoms with E-state index in [2.05, 4.69) is 28.4 Å². The van der Waals surface area contributed by atoms with Gasteiger partial charge < -0.3 is 4.74 Å². The molecule has 4 heteroatoms. The van der Waals surface area contributed by atoms with Gasteiger partial charge in [0.1, 0.15) is 0 Å². The van der Waals surface area contributed by atoms with Crippen LogP contribution in [0.15, 0.2) is 36.5 Å². The number of nitrogens with one attached hydrogen (secondary N) is 1. The molecule has 1 aromatic carbocycles. The topological polar surface area (TPSA) is 37.9 Å². The van der Waals surface area contributed by atoms with Crippen LogP contribution in [0.3, 0.4) is 0 Å². The van der Waals surface area contributed by atoms with Gasteiger partial charge in [-0.1, -0.05) is 23.7 Å². The monoisotopic (exact) mass is 262 g/mol. The van der Waals surface area contributed by atoms with Crippen LogP contribution >= 0.6 is 11.6 Å². The second kappa shape index (κ2) is 4.75. The first kappa shape index (κ1) is 11.8. The van der Waals surface area contributed by atoms with Crippen LogP contribution in [0.25, 0.3) is 0 Å². The highest BCUT2D eigenvalue weighted by atomic mass is 35.5. The van der Waals surface area contributed by atoms with Crippen LogP contribution in [-0.4, -0.2) is 23.4 Å². The molecule has 0 spiro atoms. The Morgan fingerprint density at radius 3 is 2.44 bits per heavy atom. The molecular weight excluding hydrogens is 248 g/mol. The number of hydrogen-bond acceptors (Lipinski definition) is 2. The van der Waals surface area contributed by atoms with Crippen LogP contribution in [-0.2, 0) is 10.2 Å². The lowest BCUT2D eigenvalue weighted by atomic mass is 9.72. The SMILES string of the molecule is Clc1ccc(C2(c3ccn[nH]3)CCOCC2)cc1. The summed E-state index contributed by atoms with van der Waals surface area (Å²) in [5, 5.41) is 7.98. The summed E-state index contributed by atoms with van der Waals surface area (Å²) in [6.45, 7) is 1.56. The molecule has 0 amide bonds. The Balaban J connectivity index is 2.07. The normalized spacial score (nSPS) is 18.7. The van der Waals surface area contributed by atoms with Crippen LogP contribution in [0.2, 0.25) is 5.02 Å². The summed E-state index contributed by atoms with van der Waals surface area (Å²) in [5.74, 6) is 0. The minimum Gasteiger partial charge on any atom is -0.381 e. The molecule has 0 unspecified atom stereocenters. The maximum absolute atomic E-state index is 5.98. The number of benzene rings is 1. The summed E-state index contributed by atoms with van der Waals surface area (Å²) in [4.78, 5) is 0. The van der Waals surface area contributed by atoms with Crippen LogP contribution in [0.1, 0.15) is 24.1 Å². The molecule has 0 saturated carbocycles. The largest absolute Gasteiger partial charge is 0.381 e. The molecule has 1 aliphatic rings. The van der Waals surface area contributed by atoms with Crippen LogP contribution < -0.4 is 0 Å². The highest BCUT2D eigenvalue weighted by molar-refractivity contribution is 6.30. The molecule has 2 heterocycles. The molecule has 0 aliphatic carbocycles. The zero-order valence-electron chi connectivity index (χ0n) is 10.0. The molecule has 2 aromatic rings. The summed E-state index contributed by atoms with van der Waals surface area (Å²) in [7, 11) is 0. The Morgan fingerprint density at radius 2 is 1.83 bits per heavy atom. The van der Waals surface area contributed by atoms with Gasteiger partial charge in [0.15, 0.2) is 0 Å². The molecular formula is C14H15ClN2O. The van der Waals surface area contributed by atoms with Gasteiger partial charge in [0.25, 0.3) is 0 Å². The number of rotatable bonds is 2. The Kier molecular flexibility index (Phi) is 3.10. The van der Waals surface area contributed by atoms with Gasteiger partial charge in [-0.15, -0.1) is 0 Å². The summed E-state index contributed by atoms with van der Waals surface area (Å²) >= 11 is 5.98. The van der Waals surface area contributed by atoms with Crippen molar-refractivity contribution in [2.45, 2.75) is 18.3 Å². The number of halogens is 1. The van der Waals surface area contributed by atoms with Gasteiger partial charge in [-0.05, 0) is 36.6 Å². The zero-order valence-corrected chi connectivity index (χ0v) is 10.8. The highest BCUT2D eigenvalue weighted by Gasteiger charge is 2.37. The second-order valence-electron chi connectivity index (χ2n) is 4.67. The van der Waals surface area contributed by atoms with E-state index in [9.17, 15) is 0 Å². The quantitative estimate of drug-likeness (QED) is 0.903. The first-order valence-corrected chi connectivity index (χ1v) is 6.53. The fourth-order valence-electron chi connectivity index (χ4n) is 2.72. The molecule has 1 saturated heterocycles. The van der Waals surface area contributed by atoms with Crippen LogP contribution in [0, 0.1) is 0 Å². The predicted molar refractivity (Wildman–Crippen MR) is 70.9 cm³/mol. The minimum absolute atomic E-state index is 0.0145. The van der Waals surface area contributed by atoms with Crippen molar-refractivity contribution in [2.24, 2.45) is 0 Å². The fourth-order valence-corrected chi connectivity index (χ4v) is 2.85. The molecule has 94 valence electrons. The Labute approximate surface area is 111 Å². The standard InChI is InChI=1S/C14H15ClN2O/c15-12-3-1-11(2-4-12)14(6-9-18-10-7-14)13-5-8-16-17-13/h1-5,8H,6-7,9-10H2,(H,16,17). The van der Waals surface area contributed by atoms with E-state index < -0.39 is 0 Å². The maximum atomic E-state index is 5.98. The Morgan fingerprint density at radius 1 is 1.11 bits per heavy atom. The molecule has 3 nitrogen and oxygen atoms in total. The van der Waals surface area contributed by atoms with Gasteiger partial charge in [-0.25, -0.2) is 0 Å². The van der Waals surface area contributed by atoms with E-state index in [1.54, 1.807) is 0 Å². The number of aromatic amines is 1. The van der Waals surface area contributed by atoms with Gasteiger partial charge in [-0.3, -0.25) is 5.10 Å². The number of hydrogen-bond donors (Lipinski definition) is 1. The van der Waals surface area contributed by atoms with Gasteiger partial charge in [0, 0.05) is 35.5 Å². The molecule has 18 heavy (non-hydrogen) atoms. The van der Waals surface area contributed by atoms with E-state index >= 15 is 0 Å². The van der Waals surface area contributed by atoms with E-state index in [1.807, 2.05) is 18.3 Å². The lowest BCUT2D eigenvalue weighted by molar-refractivity contribution is 0.0618. The van der Waals surface area contributed by atoms with Crippen molar-refractivity contribution >= 4 is 11.6 Å². The van der Waals surface area contributed by atoms with Crippen molar-refractivity contribution in [3.8, 4) is 0 Å². The van der Waals surface area contributed by atoms with Crippen LogP contribution in [0.4, 0.5) is 0 Å². The number of H-pyrrole nitrogens is 1. The molecule has 1 aromatic heterocycles. The van der Waals surface area contributed by atoms with E-state index in [4.69, 9.17) is 16.3 Å². The van der Waals surface area contributed by atoms with Crippen molar-refractivity contribution in [1.29, 1.82) is 0 Å². The van der Waals surface area contributed by atoms with Crippen LogP contribution in [0.5, 0.6) is 0 Å². The molecule has 0 atom stereocenters. The maximum Gasteiger partial charge on any atom is 0.0490 e. The van der Waals surface area contributed by atoms with Crippen molar-refractivity contribution in [3.63, 3.8) is 0 Å². The minimum atomic E-state index is -0.0145. The third-order valence-corrected chi connectivity index (χ3v) is 4.01. The molecule has 1 fully saturated rings. The third kappa shape index (κ3) is 1.93. The zero-order chi connectivity index (χ0) is 12.4. The average Bonchev–Trinajstić information content (AvgIpc) is 2.95. The Bertz CT molecular complexity index is 501. The molecule has 0 bridgehead atoms. The lowest BCUT2D eigenvalue weighted by Crippen LogP contribution is -2.35. The van der Waals surface area contributed by atoms with Crippen molar-refractivity contribution < 1.29 is 4.74 Å². The van der Waals surface area contributed by atoms with E-state index in [1.165, 1.54) is 5.56 Å². The lowest BCUT2D eigenvalue weighted by Gasteiger charge is -2.36. The first-order valence-electron chi connectivity index (χ1n) is 6.15. The molecule has 1 aliphatic heterocycles. The summed E-state index contributed by atoms with van der Waals surface area (Å²) in [5.41, 5.74) is 2.42. The number of aromatic nitrogens is 2. The van der Waals surface area contributed by atoms with Crippen molar-refractivity contribution in [2.75, 3.05) is 13.2 Å². The molecule has 1 N–H and O–H groups in total. The second-order valence-corrected chi connectivity index (χ2v) is 5.11. The van der Waals surface area contributed by atoms with E-state index in [-0.39, 0.29) is 5.41 Å². The third-order valence-electron chi connectivity index (χ3n) is 3.76. The predicted octanol–water partition coefficient (Wildman–Crippen LogP) is 3.16. The number of nitrogens with zero attached hydrogens (tertiary/aromatic N) is 1. The highest BCUT2D eigenvalue weighted by Crippen LogP contribution is 2.40. The summed E-state index contributed by atoms with van der Waals surface area (Å²) in [6.07, 6.45) is 3.75. The van der Waals surface area contributed by atoms with E-state index in [0.29, 0.717) is 0 Å². The number of ether oxygens (including phenoxy) is 1. The van der Waals surface area contributed by atoms with Gasteiger partial charge in [0.2, 0.25) is 0 Å².